The highest BCUT2D eigenvalue weighted by Gasteiger charge is 2.27. The predicted molar refractivity (Wildman–Crippen MR) is 62.0 cm³/mol. The van der Waals surface area contributed by atoms with Crippen molar-refractivity contribution in [2.45, 2.75) is 19.4 Å². The minimum Gasteiger partial charge on any atom is -0.492 e. The molecule has 1 atom stereocenters. The highest BCUT2D eigenvalue weighted by Crippen LogP contribution is 2.17. The first-order valence-corrected chi connectivity index (χ1v) is 6.90. The molecule has 1 saturated heterocycles. The van der Waals surface area contributed by atoms with Gasteiger partial charge in [0.1, 0.15) is 12.4 Å². The summed E-state index contributed by atoms with van der Waals surface area (Å²) < 4.78 is 30.5. The largest absolute Gasteiger partial charge is 0.492 e. The van der Waals surface area contributed by atoms with Gasteiger partial charge in [-0.25, -0.2) is 13.1 Å². The number of rotatable bonds is 3. The predicted octanol–water partition coefficient (Wildman–Crippen LogP) is 1.07. The summed E-state index contributed by atoms with van der Waals surface area (Å²) in [5, 5.41) is 0. The summed E-state index contributed by atoms with van der Waals surface area (Å²) in [7, 11) is -3.04. The highest BCUT2D eigenvalue weighted by molar-refractivity contribution is 7.89. The minimum absolute atomic E-state index is 0.0930. The maximum atomic E-state index is 11.2. The molecule has 1 aromatic rings. The molecule has 0 radical (unpaired) electrons. The molecular weight excluding hydrogens is 226 g/mol. The van der Waals surface area contributed by atoms with Crippen LogP contribution in [0.15, 0.2) is 24.3 Å². The van der Waals surface area contributed by atoms with E-state index in [1.807, 2.05) is 31.2 Å². The summed E-state index contributed by atoms with van der Waals surface area (Å²) >= 11 is 0. The van der Waals surface area contributed by atoms with Crippen molar-refractivity contribution in [1.82, 2.24) is 4.72 Å². The average molecular weight is 241 g/mol. The van der Waals surface area contributed by atoms with Crippen LogP contribution in [0.3, 0.4) is 0 Å². The van der Waals surface area contributed by atoms with Crippen molar-refractivity contribution in [1.29, 1.82) is 0 Å². The van der Waals surface area contributed by atoms with Crippen molar-refractivity contribution in [2.75, 3.05) is 12.4 Å². The Bertz CT molecular complexity index is 470. The zero-order chi connectivity index (χ0) is 11.6. The fourth-order valence-corrected chi connectivity index (χ4v) is 3.10. The molecule has 1 aromatic carbocycles. The van der Waals surface area contributed by atoms with Gasteiger partial charge < -0.3 is 4.74 Å². The molecule has 0 unspecified atom stereocenters. The molecule has 2 rings (SSSR count). The lowest BCUT2D eigenvalue weighted by Gasteiger charge is -2.12. The standard InChI is InChI=1S/C11H15NO3S/c1-9-4-2-3-5-11(9)15-8-10-6-7-16(13,14)12-10/h2-5,10,12H,6-8H2,1H3/t10-/m0/s1. The van der Waals surface area contributed by atoms with Crippen molar-refractivity contribution in [2.24, 2.45) is 0 Å². The molecule has 88 valence electrons. The maximum absolute atomic E-state index is 11.2. The van der Waals surface area contributed by atoms with E-state index in [-0.39, 0.29) is 11.8 Å². The summed E-state index contributed by atoms with van der Waals surface area (Å²) in [6, 6.07) is 7.61. The Morgan fingerprint density at radius 1 is 1.44 bits per heavy atom. The number of hydrogen-bond acceptors (Lipinski definition) is 3. The van der Waals surface area contributed by atoms with Crippen LogP contribution >= 0.6 is 0 Å². The van der Waals surface area contributed by atoms with Gasteiger partial charge in [-0.3, -0.25) is 0 Å². The monoisotopic (exact) mass is 241 g/mol. The van der Waals surface area contributed by atoms with Gasteiger partial charge in [-0.15, -0.1) is 0 Å². The number of ether oxygens (including phenoxy) is 1. The second-order valence-corrected chi connectivity index (χ2v) is 5.87. The first kappa shape index (κ1) is 11.4. The van der Waals surface area contributed by atoms with Gasteiger partial charge in [-0.05, 0) is 25.0 Å². The molecule has 16 heavy (non-hydrogen) atoms. The average Bonchev–Trinajstić information content (AvgIpc) is 2.57. The fraction of sp³-hybridized carbons (Fsp3) is 0.455. The number of aryl methyl sites for hydroxylation is 1. The number of sulfonamides is 1. The molecule has 1 heterocycles. The van der Waals surface area contributed by atoms with Crippen LogP contribution in [0.25, 0.3) is 0 Å². The smallest absolute Gasteiger partial charge is 0.212 e. The SMILES string of the molecule is Cc1ccccc1OC[C@@H]1CCS(=O)(=O)N1. The Labute approximate surface area is 95.7 Å². The van der Waals surface area contributed by atoms with Crippen LogP contribution in [0.1, 0.15) is 12.0 Å². The third kappa shape index (κ3) is 2.74. The summed E-state index contributed by atoms with van der Waals surface area (Å²) in [6.45, 7) is 2.36. The number of benzene rings is 1. The van der Waals surface area contributed by atoms with Gasteiger partial charge in [0.05, 0.1) is 11.8 Å². The van der Waals surface area contributed by atoms with Crippen molar-refractivity contribution in [3.05, 3.63) is 29.8 Å². The van der Waals surface area contributed by atoms with E-state index in [0.717, 1.165) is 11.3 Å². The summed E-state index contributed by atoms with van der Waals surface area (Å²) in [6.07, 6.45) is 0.619. The third-order valence-electron chi connectivity index (χ3n) is 2.61. The topological polar surface area (TPSA) is 55.4 Å². The van der Waals surface area contributed by atoms with Gasteiger partial charge in [-0.2, -0.15) is 0 Å². The summed E-state index contributed by atoms with van der Waals surface area (Å²) in [5.74, 6) is 1.02. The fourth-order valence-electron chi connectivity index (χ4n) is 1.70. The third-order valence-corrected chi connectivity index (χ3v) is 4.08. The molecule has 1 N–H and O–H groups in total. The Kier molecular flexibility index (Phi) is 3.16. The van der Waals surface area contributed by atoms with E-state index in [1.165, 1.54) is 0 Å². The second kappa shape index (κ2) is 4.43. The zero-order valence-electron chi connectivity index (χ0n) is 9.14. The van der Waals surface area contributed by atoms with Crippen LogP contribution in [0.5, 0.6) is 5.75 Å². The molecule has 0 amide bonds. The van der Waals surface area contributed by atoms with Crippen LogP contribution < -0.4 is 9.46 Å². The van der Waals surface area contributed by atoms with Crippen molar-refractivity contribution < 1.29 is 13.2 Å². The lowest BCUT2D eigenvalue weighted by Crippen LogP contribution is -2.31. The van der Waals surface area contributed by atoms with E-state index >= 15 is 0 Å². The van der Waals surface area contributed by atoms with Crippen molar-refractivity contribution in [3.63, 3.8) is 0 Å². The molecule has 0 saturated carbocycles. The molecule has 0 bridgehead atoms. The molecule has 1 aliphatic heterocycles. The van der Waals surface area contributed by atoms with Gasteiger partial charge in [0.15, 0.2) is 0 Å². The molecule has 4 nitrogen and oxygen atoms in total. The lowest BCUT2D eigenvalue weighted by molar-refractivity contribution is 0.280. The Hall–Kier alpha value is -1.07. The van der Waals surface area contributed by atoms with E-state index in [0.29, 0.717) is 13.0 Å². The molecule has 1 fully saturated rings. The lowest BCUT2D eigenvalue weighted by atomic mass is 10.2. The summed E-state index contributed by atoms with van der Waals surface area (Å²) in [5.41, 5.74) is 1.06. The molecule has 0 spiro atoms. The van der Waals surface area contributed by atoms with Gasteiger partial charge in [0, 0.05) is 0 Å². The molecule has 1 aliphatic rings. The van der Waals surface area contributed by atoms with Gasteiger partial charge >= 0.3 is 0 Å². The van der Waals surface area contributed by atoms with Crippen LogP contribution in [0.2, 0.25) is 0 Å². The van der Waals surface area contributed by atoms with E-state index in [4.69, 9.17) is 4.74 Å². The Balaban J connectivity index is 1.92. The first-order valence-electron chi connectivity index (χ1n) is 5.25. The van der Waals surface area contributed by atoms with Crippen molar-refractivity contribution >= 4 is 10.0 Å². The van der Waals surface area contributed by atoms with E-state index in [9.17, 15) is 8.42 Å². The number of hydrogen-bond donors (Lipinski definition) is 1. The normalized spacial score (nSPS) is 23.2. The molecule has 5 heteroatoms. The van der Waals surface area contributed by atoms with E-state index < -0.39 is 10.0 Å². The highest BCUT2D eigenvalue weighted by atomic mass is 32.2. The van der Waals surface area contributed by atoms with Gasteiger partial charge in [-0.1, -0.05) is 18.2 Å². The second-order valence-electron chi connectivity index (χ2n) is 4.00. The first-order chi connectivity index (χ1) is 7.57. The molecular formula is C11H15NO3S. The van der Waals surface area contributed by atoms with Gasteiger partial charge in [0.2, 0.25) is 10.0 Å². The molecule has 0 aromatic heterocycles. The zero-order valence-corrected chi connectivity index (χ0v) is 9.96. The van der Waals surface area contributed by atoms with Crippen LogP contribution in [0, 0.1) is 6.92 Å². The van der Waals surface area contributed by atoms with Crippen LogP contribution in [0.4, 0.5) is 0 Å². The van der Waals surface area contributed by atoms with E-state index in [2.05, 4.69) is 4.72 Å². The number of nitrogens with one attached hydrogen (secondary N) is 1. The quantitative estimate of drug-likeness (QED) is 0.861. The Morgan fingerprint density at radius 2 is 2.19 bits per heavy atom. The van der Waals surface area contributed by atoms with E-state index in [1.54, 1.807) is 0 Å². The van der Waals surface area contributed by atoms with Crippen LogP contribution in [-0.2, 0) is 10.0 Å². The molecule has 0 aliphatic carbocycles. The Morgan fingerprint density at radius 3 is 2.81 bits per heavy atom. The maximum Gasteiger partial charge on any atom is 0.212 e. The number of para-hydroxylation sites is 1. The van der Waals surface area contributed by atoms with Gasteiger partial charge in [0.25, 0.3) is 0 Å². The van der Waals surface area contributed by atoms with Crippen LogP contribution in [-0.4, -0.2) is 26.8 Å². The summed E-state index contributed by atoms with van der Waals surface area (Å²) in [4.78, 5) is 0. The van der Waals surface area contributed by atoms with Crippen molar-refractivity contribution in [3.8, 4) is 5.75 Å². The minimum atomic E-state index is -3.04.